The molecule has 0 atom stereocenters. The third-order valence-electron chi connectivity index (χ3n) is 3.87. The maximum Gasteiger partial charge on any atom is 0.335 e. The molecule has 1 aliphatic rings. The van der Waals surface area contributed by atoms with E-state index in [-0.39, 0.29) is 5.56 Å². The molecule has 0 fully saturated rings. The smallest absolute Gasteiger partial charge is 0.335 e. The van der Waals surface area contributed by atoms with Crippen LogP contribution in [0.1, 0.15) is 31.9 Å². The fourth-order valence-corrected chi connectivity index (χ4v) is 3.73. The van der Waals surface area contributed by atoms with Gasteiger partial charge in [0.2, 0.25) is 0 Å². The van der Waals surface area contributed by atoms with Gasteiger partial charge in [0.25, 0.3) is 0 Å². The first-order valence-electron chi connectivity index (χ1n) is 7.35. The third kappa shape index (κ3) is 3.22. The number of benzene rings is 1. The molecule has 0 radical (unpaired) electrons. The fourth-order valence-electron chi connectivity index (χ4n) is 2.84. The van der Waals surface area contributed by atoms with Crippen LogP contribution in [0.2, 0.25) is 0 Å². The standard InChI is InChI=1S/C17H18N2O3S/c1-11-7-13(9-14(8-11)17(20)21)16(18-22-2)19-5-3-15-12(10-19)4-6-23-15/h4,6-9H,3,5,10H2,1-2H3,(H,20,21)/b18-16-. The Morgan fingerprint density at radius 2 is 2.13 bits per heavy atom. The molecule has 0 unspecified atom stereocenters. The fraction of sp³-hybridized carbons (Fsp3) is 0.294. The molecule has 0 saturated heterocycles. The topological polar surface area (TPSA) is 62.1 Å². The summed E-state index contributed by atoms with van der Waals surface area (Å²) in [7, 11) is 1.51. The molecule has 0 saturated carbocycles. The second-order valence-electron chi connectivity index (χ2n) is 5.53. The van der Waals surface area contributed by atoms with Gasteiger partial charge in [-0.15, -0.1) is 11.3 Å². The van der Waals surface area contributed by atoms with Crippen LogP contribution in [-0.4, -0.2) is 35.5 Å². The van der Waals surface area contributed by atoms with Crippen LogP contribution >= 0.6 is 11.3 Å². The number of hydrogen-bond acceptors (Lipinski definition) is 4. The minimum Gasteiger partial charge on any atom is -0.478 e. The zero-order chi connectivity index (χ0) is 16.4. The highest BCUT2D eigenvalue weighted by Gasteiger charge is 2.22. The van der Waals surface area contributed by atoms with E-state index in [1.54, 1.807) is 23.5 Å². The number of hydrogen-bond donors (Lipinski definition) is 1. The lowest BCUT2D eigenvalue weighted by Gasteiger charge is -2.29. The zero-order valence-electron chi connectivity index (χ0n) is 13.1. The number of nitrogens with zero attached hydrogens (tertiary/aromatic N) is 2. The average molecular weight is 330 g/mol. The highest BCUT2D eigenvalue weighted by Crippen LogP contribution is 2.26. The van der Waals surface area contributed by atoms with E-state index in [9.17, 15) is 9.90 Å². The number of aryl methyl sites for hydroxylation is 1. The monoisotopic (exact) mass is 330 g/mol. The molecule has 23 heavy (non-hydrogen) atoms. The van der Waals surface area contributed by atoms with Crippen molar-refractivity contribution in [3.05, 3.63) is 56.8 Å². The van der Waals surface area contributed by atoms with E-state index in [1.807, 2.05) is 13.0 Å². The molecule has 6 heteroatoms. The van der Waals surface area contributed by atoms with Crippen molar-refractivity contribution in [2.24, 2.45) is 5.16 Å². The van der Waals surface area contributed by atoms with Gasteiger partial charge in [0, 0.05) is 23.5 Å². The molecule has 1 aliphatic heterocycles. The van der Waals surface area contributed by atoms with E-state index in [0.717, 1.165) is 30.6 Å². The minimum atomic E-state index is -0.939. The molecule has 120 valence electrons. The lowest BCUT2D eigenvalue weighted by Crippen LogP contribution is -2.36. The van der Waals surface area contributed by atoms with Crippen molar-refractivity contribution in [3.8, 4) is 0 Å². The molecule has 2 heterocycles. The summed E-state index contributed by atoms with van der Waals surface area (Å²) in [5.41, 5.74) is 3.22. The van der Waals surface area contributed by atoms with Gasteiger partial charge in [-0.25, -0.2) is 4.79 Å². The van der Waals surface area contributed by atoms with Crippen LogP contribution in [0.5, 0.6) is 0 Å². The second-order valence-corrected chi connectivity index (χ2v) is 6.53. The Labute approximate surface area is 138 Å². The highest BCUT2D eigenvalue weighted by atomic mass is 32.1. The van der Waals surface area contributed by atoms with E-state index in [2.05, 4.69) is 21.5 Å². The predicted molar refractivity (Wildman–Crippen MR) is 90.1 cm³/mol. The van der Waals surface area contributed by atoms with E-state index in [0.29, 0.717) is 5.84 Å². The van der Waals surface area contributed by atoms with Crippen molar-refractivity contribution < 1.29 is 14.7 Å². The summed E-state index contributed by atoms with van der Waals surface area (Å²) in [5, 5.41) is 15.6. The second kappa shape index (κ2) is 6.42. The number of rotatable bonds is 3. The van der Waals surface area contributed by atoms with Crippen LogP contribution in [-0.2, 0) is 17.8 Å². The van der Waals surface area contributed by atoms with Crippen molar-refractivity contribution in [1.82, 2.24) is 4.90 Å². The van der Waals surface area contributed by atoms with E-state index in [1.165, 1.54) is 17.6 Å². The Bertz CT molecular complexity index is 767. The van der Waals surface area contributed by atoms with Crippen molar-refractivity contribution in [2.45, 2.75) is 19.9 Å². The molecule has 0 amide bonds. The lowest BCUT2D eigenvalue weighted by atomic mass is 10.0. The predicted octanol–water partition coefficient (Wildman–Crippen LogP) is 3.12. The van der Waals surface area contributed by atoms with Crippen LogP contribution in [0.3, 0.4) is 0 Å². The summed E-state index contributed by atoms with van der Waals surface area (Å²) < 4.78 is 0. The number of aromatic carboxylic acids is 1. The number of carbonyl (C=O) groups is 1. The van der Waals surface area contributed by atoms with Gasteiger partial charge in [0.05, 0.1) is 5.56 Å². The summed E-state index contributed by atoms with van der Waals surface area (Å²) in [6.45, 7) is 3.48. The molecular weight excluding hydrogens is 312 g/mol. The Hall–Kier alpha value is -2.34. The summed E-state index contributed by atoms with van der Waals surface area (Å²) in [6, 6.07) is 7.38. The number of fused-ring (bicyclic) bond motifs is 1. The van der Waals surface area contributed by atoms with E-state index in [4.69, 9.17) is 4.84 Å². The average Bonchev–Trinajstić information content (AvgIpc) is 2.99. The largest absolute Gasteiger partial charge is 0.478 e. The summed E-state index contributed by atoms with van der Waals surface area (Å²) >= 11 is 1.78. The Balaban J connectivity index is 1.97. The van der Waals surface area contributed by atoms with Gasteiger partial charge in [-0.2, -0.15) is 0 Å². The molecule has 0 spiro atoms. The summed E-state index contributed by atoms with van der Waals surface area (Å²) in [5.74, 6) is -0.263. The quantitative estimate of drug-likeness (QED) is 0.533. The number of amidine groups is 1. The Kier molecular flexibility index (Phi) is 4.34. The van der Waals surface area contributed by atoms with Crippen LogP contribution in [0, 0.1) is 6.92 Å². The molecule has 1 N–H and O–H groups in total. The number of oxime groups is 1. The van der Waals surface area contributed by atoms with Crippen LogP contribution in [0.4, 0.5) is 0 Å². The first-order chi connectivity index (χ1) is 11.1. The first kappa shape index (κ1) is 15.6. The summed E-state index contributed by atoms with van der Waals surface area (Å²) in [6.07, 6.45) is 0.966. The van der Waals surface area contributed by atoms with E-state index >= 15 is 0 Å². The summed E-state index contributed by atoms with van der Waals surface area (Å²) in [4.78, 5) is 19.9. The molecule has 3 rings (SSSR count). The molecule has 0 bridgehead atoms. The molecule has 2 aromatic rings. The molecule has 5 nitrogen and oxygen atoms in total. The lowest BCUT2D eigenvalue weighted by molar-refractivity contribution is 0.0696. The normalized spacial score (nSPS) is 14.5. The number of carboxylic acid groups (broad SMARTS) is 1. The number of thiophene rings is 1. The van der Waals surface area contributed by atoms with E-state index < -0.39 is 5.97 Å². The van der Waals surface area contributed by atoms with Crippen molar-refractivity contribution in [3.63, 3.8) is 0 Å². The van der Waals surface area contributed by atoms with Crippen molar-refractivity contribution in [2.75, 3.05) is 13.7 Å². The minimum absolute atomic E-state index is 0.261. The zero-order valence-corrected chi connectivity index (χ0v) is 13.9. The van der Waals surface area contributed by atoms with Crippen molar-refractivity contribution in [1.29, 1.82) is 0 Å². The maximum absolute atomic E-state index is 11.3. The van der Waals surface area contributed by atoms with Gasteiger partial charge in [0.15, 0.2) is 5.84 Å². The van der Waals surface area contributed by atoms with Gasteiger partial charge in [-0.05, 0) is 54.1 Å². The van der Waals surface area contributed by atoms with Crippen LogP contribution in [0.15, 0.2) is 34.8 Å². The maximum atomic E-state index is 11.3. The van der Waals surface area contributed by atoms with Gasteiger partial charge in [0.1, 0.15) is 7.11 Å². The molecule has 1 aromatic heterocycles. The third-order valence-corrected chi connectivity index (χ3v) is 4.89. The molecular formula is C17H18N2O3S. The van der Waals surface area contributed by atoms with Gasteiger partial charge < -0.3 is 14.8 Å². The highest BCUT2D eigenvalue weighted by molar-refractivity contribution is 7.10. The van der Waals surface area contributed by atoms with Gasteiger partial charge >= 0.3 is 5.97 Å². The SMILES string of the molecule is CO/N=C(/c1cc(C)cc(C(=O)O)c1)N1CCc2sccc2C1. The Morgan fingerprint density at radius 1 is 1.35 bits per heavy atom. The van der Waals surface area contributed by atoms with Crippen molar-refractivity contribution >= 4 is 23.1 Å². The van der Waals surface area contributed by atoms with Crippen LogP contribution in [0.25, 0.3) is 0 Å². The van der Waals surface area contributed by atoms with Gasteiger partial charge in [-0.1, -0.05) is 5.16 Å². The first-order valence-corrected chi connectivity index (χ1v) is 8.23. The number of carboxylic acids is 1. The van der Waals surface area contributed by atoms with Gasteiger partial charge in [-0.3, -0.25) is 0 Å². The molecule has 0 aliphatic carbocycles. The molecule has 1 aromatic carbocycles. The van der Waals surface area contributed by atoms with Crippen LogP contribution < -0.4 is 0 Å². The Morgan fingerprint density at radius 3 is 2.87 bits per heavy atom.